The molecule has 7 nitrogen and oxygen atoms in total. The molecule has 0 aliphatic heterocycles. The number of hydrogen-bond donors (Lipinski definition) is 1. The molecule has 166 valence electrons. The van der Waals surface area contributed by atoms with Gasteiger partial charge in [0.25, 0.3) is 0 Å². The van der Waals surface area contributed by atoms with E-state index in [1.54, 1.807) is 30.2 Å². The maximum Gasteiger partial charge on any atom is 0.387 e. The minimum Gasteiger partial charge on any atom is -0.434 e. The van der Waals surface area contributed by atoms with E-state index in [1.165, 1.54) is 4.68 Å². The molecule has 0 aliphatic carbocycles. The topological polar surface area (TPSA) is 74.0 Å². The second-order valence-electron chi connectivity index (χ2n) is 7.79. The van der Waals surface area contributed by atoms with Crippen LogP contribution < -0.4 is 10.1 Å². The van der Waals surface area contributed by atoms with Crippen molar-refractivity contribution in [3.63, 3.8) is 0 Å². The summed E-state index contributed by atoms with van der Waals surface area (Å²) < 4.78 is 49.2. The molecule has 0 radical (unpaired) electrons. The van der Waals surface area contributed by atoms with Gasteiger partial charge in [-0.15, -0.1) is 11.6 Å². The van der Waals surface area contributed by atoms with E-state index in [2.05, 4.69) is 20.3 Å². The van der Waals surface area contributed by atoms with Crippen molar-refractivity contribution < 1.29 is 22.7 Å². The minimum absolute atomic E-state index is 0.0585. The predicted octanol–water partition coefficient (Wildman–Crippen LogP) is 4.62. The maximum absolute atomic E-state index is 15.2. The van der Waals surface area contributed by atoms with Crippen molar-refractivity contribution >= 4 is 23.2 Å². The molecule has 2 aromatic heterocycles. The number of halogens is 4. The van der Waals surface area contributed by atoms with Crippen molar-refractivity contribution in [2.75, 3.05) is 11.2 Å². The summed E-state index contributed by atoms with van der Waals surface area (Å²) in [5.74, 6) is -2.30. The van der Waals surface area contributed by atoms with Crippen LogP contribution >= 0.6 is 11.6 Å². The highest BCUT2D eigenvalue weighted by molar-refractivity contribution is 6.29. The van der Waals surface area contributed by atoms with Gasteiger partial charge in [0.1, 0.15) is 17.4 Å². The van der Waals surface area contributed by atoms with Crippen molar-refractivity contribution in [1.82, 2.24) is 19.6 Å². The highest BCUT2D eigenvalue weighted by Crippen LogP contribution is 2.40. The summed E-state index contributed by atoms with van der Waals surface area (Å²) in [5.41, 5.74) is 0.512. The molecule has 0 fully saturated rings. The molecule has 3 rings (SSSR count). The molecular weight excluding hydrogens is 435 g/mol. The number of carbonyl (C=O) groups is 1. The van der Waals surface area contributed by atoms with Gasteiger partial charge in [-0.1, -0.05) is 0 Å². The van der Waals surface area contributed by atoms with Gasteiger partial charge >= 0.3 is 6.61 Å². The Labute approximate surface area is 181 Å². The highest BCUT2D eigenvalue weighted by Gasteiger charge is 2.27. The number of ether oxygens (including phenoxy) is 1. The van der Waals surface area contributed by atoms with Crippen molar-refractivity contribution in [3.8, 4) is 28.3 Å². The summed E-state index contributed by atoms with van der Waals surface area (Å²) in [5, 5.41) is 11.0. The van der Waals surface area contributed by atoms with E-state index in [9.17, 15) is 13.6 Å². The van der Waals surface area contributed by atoms with E-state index < -0.39 is 29.6 Å². The number of hydrogen-bond acceptors (Lipinski definition) is 4. The summed E-state index contributed by atoms with van der Waals surface area (Å²) in [6, 6.07) is 3.72. The monoisotopic (exact) mass is 455 g/mol. The van der Waals surface area contributed by atoms with Crippen LogP contribution in [0.5, 0.6) is 5.75 Å². The normalized spacial score (nSPS) is 11.8. The van der Waals surface area contributed by atoms with Gasteiger partial charge in [0.2, 0.25) is 5.91 Å². The number of alkyl halides is 3. The predicted molar refractivity (Wildman–Crippen MR) is 111 cm³/mol. The van der Waals surface area contributed by atoms with Crippen molar-refractivity contribution in [1.29, 1.82) is 0 Å². The molecule has 2 heterocycles. The van der Waals surface area contributed by atoms with Crippen LogP contribution in [0.3, 0.4) is 0 Å². The summed E-state index contributed by atoms with van der Waals surface area (Å²) in [6.45, 7) is 2.33. The Morgan fingerprint density at radius 1 is 1.29 bits per heavy atom. The largest absolute Gasteiger partial charge is 0.434 e. The molecule has 0 aliphatic rings. The average Bonchev–Trinajstić information content (AvgIpc) is 3.27. The van der Waals surface area contributed by atoms with Crippen LogP contribution in [-0.4, -0.2) is 38.0 Å². The number of aromatic nitrogens is 4. The van der Waals surface area contributed by atoms with Gasteiger partial charge < -0.3 is 10.1 Å². The quantitative estimate of drug-likeness (QED) is 0.550. The van der Waals surface area contributed by atoms with Crippen molar-refractivity contribution in [3.05, 3.63) is 36.4 Å². The van der Waals surface area contributed by atoms with Crippen LogP contribution in [0.15, 0.2) is 30.6 Å². The van der Waals surface area contributed by atoms with E-state index in [0.29, 0.717) is 11.3 Å². The molecule has 0 saturated carbocycles. The second kappa shape index (κ2) is 8.62. The molecular formula is C20H21ClF3N5O2. The SMILES string of the molecule is Cn1cc(-c2cc(-c3c(F)cc(NC(=O)CCl)cc3OC(F)F)n(C(C)(C)C)n2)cn1. The van der Waals surface area contributed by atoms with Crippen molar-refractivity contribution in [2.24, 2.45) is 7.05 Å². The van der Waals surface area contributed by atoms with Gasteiger partial charge in [-0.2, -0.15) is 19.0 Å². The summed E-state index contributed by atoms with van der Waals surface area (Å²) in [7, 11) is 1.74. The van der Waals surface area contributed by atoms with E-state index >= 15 is 4.39 Å². The molecule has 1 aromatic carbocycles. The molecule has 1 N–H and O–H groups in total. The Kier molecular flexibility index (Phi) is 6.30. The third-order valence-corrected chi connectivity index (χ3v) is 4.52. The fraction of sp³-hybridized carbons (Fsp3) is 0.350. The number of nitrogens with zero attached hydrogens (tertiary/aromatic N) is 4. The van der Waals surface area contributed by atoms with E-state index in [4.69, 9.17) is 11.6 Å². The number of benzene rings is 1. The number of amides is 1. The summed E-state index contributed by atoms with van der Waals surface area (Å²) >= 11 is 5.45. The van der Waals surface area contributed by atoms with Gasteiger partial charge in [0, 0.05) is 30.6 Å². The Morgan fingerprint density at radius 3 is 2.55 bits per heavy atom. The van der Waals surface area contributed by atoms with E-state index in [-0.39, 0.29) is 22.8 Å². The molecule has 0 saturated heterocycles. The first-order valence-electron chi connectivity index (χ1n) is 9.23. The lowest BCUT2D eigenvalue weighted by molar-refractivity contribution is -0.113. The fourth-order valence-electron chi connectivity index (χ4n) is 3.05. The van der Waals surface area contributed by atoms with Gasteiger partial charge in [0.15, 0.2) is 0 Å². The average molecular weight is 456 g/mol. The van der Waals surface area contributed by atoms with Crippen LogP contribution in [-0.2, 0) is 17.4 Å². The molecule has 0 atom stereocenters. The third-order valence-electron chi connectivity index (χ3n) is 4.28. The molecule has 31 heavy (non-hydrogen) atoms. The molecule has 3 aromatic rings. The third kappa shape index (κ3) is 5.01. The minimum atomic E-state index is -3.21. The first kappa shape index (κ1) is 22.7. The van der Waals surface area contributed by atoms with Gasteiger partial charge in [-0.05, 0) is 32.9 Å². The lowest BCUT2D eigenvalue weighted by Crippen LogP contribution is -2.24. The second-order valence-corrected chi connectivity index (χ2v) is 8.06. The number of anilines is 1. The zero-order valence-corrected chi connectivity index (χ0v) is 18.0. The van der Waals surface area contributed by atoms with Crippen LogP contribution in [0.2, 0.25) is 0 Å². The lowest BCUT2D eigenvalue weighted by Gasteiger charge is -2.24. The first-order chi connectivity index (χ1) is 14.5. The Balaban J connectivity index is 2.22. The number of rotatable bonds is 6. The van der Waals surface area contributed by atoms with Crippen LogP contribution in [0.1, 0.15) is 20.8 Å². The number of aryl methyl sites for hydroxylation is 1. The molecule has 0 bridgehead atoms. The maximum atomic E-state index is 15.2. The molecule has 0 unspecified atom stereocenters. The lowest BCUT2D eigenvalue weighted by atomic mass is 10.0. The zero-order valence-electron chi connectivity index (χ0n) is 17.3. The molecule has 1 amide bonds. The number of carbonyl (C=O) groups excluding carboxylic acids is 1. The summed E-state index contributed by atoms with van der Waals surface area (Å²) in [4.78, 5) is 11.6. The molecule has 11 heteroatoms. The van der Waals surface area contributed by atoms with Gasteiger partial charge in [-0.3, -0.25) is 14.2 Å². The van der Waals surface area contributed by atoms with Gasteiger partial charge in [0.05, 0.1) is 28.7 Å². The zero-order chi connectivity index (χ0) is 22.9. The Morgan fingerprint density at radius 2 is 2.00 bits per heavy atom. The van der Waals surface area contributed by atoms with Crippen LogP contribution in [0.4, 0.5) is 18.9 Å². The summed E-state index contributed by atoms with van der Waals surface area (Å²) in [6.07, 6.45) is 3.33. The highest BCUT2D eigenvalue weighted by atomic mass is 35.5. The first-order valence-corrected chi connectivity index (χ1v) is 9.77. The Bertz CT molecular complexity index is 1100. The fourth-order valence-corrected chi connectivity index (χ4v) is 3.12. The van der Waals surface area contributed by atoms with Gasteiger partial charge in [-0.25, -0.2) is 4.39 Å². The van der Waals surface area contributed by atoms with Crippen molar-refractivity contribution in [2.45, 2.75) is 32.9 Å². The molecule has 0 spiro atoms. The van der Waals surface area contributed by atoms with Crippen LogP contribution in [0, 0.1) is 5.82 Å². The van der Waals surface area contributed by atoms with E-state index in [1.807, 2.05) is 20.8 Å². The standard InChI is InChI=1S/C20H21ClF3N5O2/c1-20(2,3)29-15(7-14(27-29)11-9-25-28(4)10-11)18-13(22)5-12(26-17(30)8-21)6-16(18)31-19(23)24/h5-7,9-10,19H,8H2,1-4H3,(H,26,30). The number of nitrogens with one attached hydrogen (secondary N) is 1. The smallest absolute Gasteiger partial charge is 0.387 e. The van der Waals surface area contributed by atoms with Crippen LogP contribution in [0.25, 0.3) is 22.5 Å². The Hall–Kier alpha value is -3.01. The van der Waals surface area contributed by atoms with E-state index in [0.717, 1.165) is 12.1 Å².